The maximum Gasteiger partial charge on any atom is 0.0848 e. The summed E-state index contributed by atoms with van der Waals surface area (Å²) in [6.07, 6.45) is 6.21. The number of allylic oxidation sites excluding steroid dienone is 1. The molecular formula is C11H20O2. The number of hydrogen-bond acceptors (Lipinski definition) is 2. The molecule has 0 saturated heterocycles. The van der Waals surface area contributed by atoms with Crippen molar-refractivity contribution < 1.29 is 9.47 Å². The average molecular weight is 184 g/mol. The number of hydrogen-bond donors (Lipinski definition) is 0. The lowest BCUT2D eigenvalue weighted by Gasteiger charge is -2.24. The highest BCUT2D eigenvalue weighted by Gasteiger charge is 2.15. The minimum Gasteiger partial charge on any atom is -0.382 e. The molecule has 0 radical (unpaired) electrons. The second-order valence-electron chi connectivity index (χ2n) is 3.86. The van der Waals surface area contributed by atoms with Gasteiger partial charge in [0.25, 0.3) is 0 Å². The second kappa shape index (κ2) is 5.40. The Morgan fingerprint density at radius 2 is 2.38 bits per heavy atom. The van der Waals surface area contributed by atoms with Crippen LogP contribution in [0.2, 0.25) is 0 Å². The molecule has 0 aromatic carbocycles. The minimum absolute atomic E-state index is 0.247. The zero-order chi connectivity index (χ0) is 9.68. The number of ether oxygens (including phenoxy) is 2. The van der Waals surface area contributed by atoms with Gasteiger partial charge in [0.15, 0.2) is 0 Å². The van der Waals surface area contributed by atoms with Crippen molar-refractivity contribution in [3.63, 3.8) is 0 Å². The summed E-state index contributed by atoms with van der Waals surface area (Å²) in [7, 11) is 1.73. The van der Waals surface area contributed by atoms with Crippen molar-refractivity contribution in [2.24, 2.45) is 0 Å². The summed E-state index contributed by atoms with van der Waals surface area (Å²) in [6.45, 7) is 5.01. The molecule has 13 heavy (non-hydrogen) atoms. The van der Waals surface area contributed by atoms with Crippen molar-refractivity contribution in [1.29, 1.82) is 0 Å². The first-order chi connectivity index (χ1) is 6.22. The van der Waals surface area contributed by atoms with Gasteiger partial charge in [-0.05, 0) is 33.1 Å². The zero-order valence-corrected chi connectivity index (χ0v) is 8.88. The third-order valence-corrected chi connectivity index (χ3v) is 2.39. The molecule has 0 saturated carbocycles. The van der Waals surface area contributed by atoms with Crippen LogP contribution in [0.1, 0.15) is 33.1 Å². The van der Waals surface area contributed by atoms with Crippen LogP contribution >= 0.6 is 0 Å². The third-order valence-electron chi connectivity index (χ3n) is 2.39. The van der Waals surface area contributed by atoms with E-state index in [1.807, 2.05) is 0 Å². The molecule has 2 atom stereocenters. The maximum absolute atomic E-state index is 5.84. The van der Waals surface area contributed by atoms with E-state index < -0.39 is 0 Å². The van der Waals surface area contributed by atoms with Crippen LogP contribution in [0.25, 0.3) is 0 Å². The molecule has 1 rings (SSSR count). The summed E-state index contributed by atoms with van der Waals surface area (Å²) in [5.74, 6) is 0. The van der Waals surface area contributed by atoms with Crippen LogP contribution in [0, 0.1) is 0 Å². The molecule has 1 heterocycles. The van der Waals surface area contributed by atoms with Gasteiger partial charge in [0.1, 0.15) is 0 Å². The summed E-state index contributed by atoms with van der Waals surface area (Å²) in [5.41, 5.74) is 1.42. The topological polar surface area (TPSA) is 18.5 Å². The predicted molar refractivity (Wildman–Crippen MR) is 53.8 cm³/mol. The third kappa shape index (κ3) is 3.92. The van der Waals surface area contributed by atoms with Crippen molar-refractivity contribution in [1.82, 2.24) is 0 Å². The van der Waals surface area contributed by atoms with E-state index >= 15 is 0 Å². The van der Waals surface area contributed by atoms with Gasteiger partial charge in [-0.2, -0.15) is 0 Å². The van der Waals surface area contributed by atoms with Gasteiger partial charge in [-0.3, -0.25) is 0 Å². The Balaban J connectivity index is 2.50. The smallest absolute Gasteiger partial charge is 0.0848 e. The number of methoxy groups -OCH3 is 1. The second-order valence-corrected chi connectivity index (χ2v) is 3.86. The molecule has 0 aromatic heterocycles. The van der Waals surface area contributed by atoms with Crippen LogP contribution in [0.3, 0.4) is 0 Å². The molecule has 76 valence electrons. The molecule has 2 nitrogen and oxygen atoms in total. The quantitative estimate of drug-likeness (QED) is 0.614. The fraction of sp³-hybridized carbons (Fsp3) is 0.818. The van der Waals surface area contributed by atoms with E-state index in [-0.39, 0.29) is 6.10 Å². The van der Waals surface area contributed by atoms with E-state index in [1.165, 1.54) is 5.57 Å². The van der Waals surface area contributed by atoms with Gasteiger partial charge in [0.2, 0.25) is 0 Å². The molecule has 0 fully saturated rings. The molecule has 0 N–H and O–H groups in total. The Hall–Kier alpha value is -0.340. The summed E-state index contributed by atoms with van der Waals surface area (Å²) in [4.78, 5) is 0. The SMILES string of the molecule is COCC1C/C(C)=C\CCC(C)O1. The van der Waals surface area contributed by atoms with Crippen molar-refractivity contribution >= 4 is 0 Å². The highest BCUT2D eigenvalue weighted by molar-refractivity contribution is 5.01. The molecule has 0 amide bonds. The molecule has 1 aliphatic heterocycles. The Bertz CT molecular complexity index is 175. The fourth-order valence-electron chi connectivity index (χ4n) is 1.74. The highest BCUT2D eigenvalue weighted by atomic mass is 16.5. The van der Waals surface area contributed by atoms with E-state index in [2.05, 4.69) is 19.9 Å². The van der Waals surface area contributed by atoms with E-state index in [1.54, 1.807) is 7.11 Å². The summed E-state index contributed by atoms with van der Waals surface area (Å²) in [5, 5.41) is 0. The van der Waals surface area contributed by atoms with Crippen LogP contribution in [-0.4, -0.2) is 25.9 Å². The van der Waals surface area contributed by atoms with Gasteiger partial charge in [-0.1, -0.05) is 11.6 Å². The van der Waals surface area contributed by atoms with Crippen LogP contribution in [0.15, 0.2) is 11.6 Å². The van der Waals surface area contributed by atoms with Crippen LogP contribution in [0.4, 0.5) is 0 Å². The first kappa shape index (κ1) is 10.7. The molecule has 0 bridgehead atoms. The summed E-state index contributed by atoms with van der Waals surface area (Å²) in [6, 6.07) is 0. The van der Waals surface area contributed by atoms with E-state index in [0.29, 0.717) is 12.7 Å². The van der Waals surface area contributed by atoms with Crippen LogP contribution in [-0.2, 0) is 9.47 Å². The van der Waals surface area contributed by atoms with Gasteiger partial charge in [0, 0.05) is 7.11 Å². The summed E-state index contributed by atoms with van der Waals surface area (Å²) >= 11 is 0. The molecule has 2 unspecified atom stereocenters. The van der Waals surface area contributed by atoms with Gasteiger partial charge in [0.05, 0.1) is 18.8 Å². The lowest BCUT2D eigenvalue weighted by molar-refractivity contribution is -0.0443. The van der Waals surface area contributed by atoms with Crippen molar-refractivity contribution in [2.45, 2.75) is 45.3 Å². The first-order valence-corrected chi connectivity index (χ1v) is 5.02. The van der Waals surface area contributed by atoms with E-state index in [9.17, 15) is 0 Å². The summed E-state index contributed by atoms with van der Waals surface area (Å²) < 4.78 is 11.0. The van der Waals surface area contributed by atoms with E-state index in [0.717, 1.165) is 19.3 Å². The van der Waals surface area contributed by atoms with Crippen LogP contribution < -0.4 is 0 Å². The zero-order valence-electron chi connectivity index (χ0n) is 8.88. The molecule has 0 aromatic rings. The molecule has 2 heteroatoms. The van der Waals surface area contributed by atoms with Crippen molar-refractivity contribution in [3.05, 3.63) is 11.6 Å². The van der Waals surface area contributed by atoms with Crippen molar-refractivity contribution in [3.8, 4) is 0 Å². The standard InChI is InChI=1S/C11H20O2/c1-9-5-4-6-10(2)13-11(7-9)8-12-3/h5,10-11H,4,6-8H2,1-3H3/b9-5-. The molecule has 1 aliphatic rings. The lowest BCUT2D eigenvalue weighted by Crippen LogP contribution is -2.25. The Labute approximate surface area is 80.9 Å². The first-order valence-electron chi connectivity index (χ1n) is 5.02. The average Bonchev–Trinajstić information content (AvgIpc) is 2.01. The van der Waals surface area contributed by atoms with Crippen LogP contribution in [0.5, 0.6) is 0 Å². The molecular weight excluding hydrogens is 164 g/mol. The maximum atomic E-state index is 5.84. The lowest BCUT2D eigenvalue weighted by atomic mass is 10.0. The van der Waals surface area contributed by atoms with Gasteiger partial charge in [-0.15, -0.1) is 0 Å². The number of rotatable bonds is 2. The fourth-order valence-corrected chi connectivity index (χ4v) is 1.74. The van der Waals surface area contributed by atoms with Gasteiger partial charge < -0.3 is 9.47 Å². The predicted octanol–water partition coefficient (Wildman–Crippen LogP) is 2.54. The highest BCUT2D eigenvalue weighted by Crippen LogP contribution is 2.17. The van der Waals surface area contributed by atoms with Crippen molar-refractivity contribution in [2.75, 3.05) is 13.7 Å². The Kier molecular flexibility index (Phi) is 4.46. The normalized spacial score (nSPS) is 34.5. The Morgan fingerprint density at radius 1 is 1.62 bits per heavy atom. The van der Waals surface area contributed by atoms with Gasteiger partial charge in [-0.25, -0.2) is 0 Å². The Morgan fingerprint density at radius 3 is 3.08 bits per heavy atom. The van der Waals surface area contributed by atoms with E-state index in [4.69, 9.17) is 9.47 Å². The minimum atomic E-state index is 0.247. The van der Waals surface area contributed by atoms with Gasteiger partial charge >= 0.3 is 0 Å². The largest absolute Gasteiger partial charge is 0.382 e. The molecule has 0 aliphatic carbocycles. The monoisotopic (exact) mass is 184 g/mol. The molecule has 0 spiro atoms.